The fourth-order valence-electron chi connectivity index (χ4n) is 3.92. The summed E-state index contributed by atoms with van der Waals surface area (Å²) in [5, 5.41) is 14.2. The first-order valence-electron chi connectivity index (χ1n) is 11.4. The van der Waals surface area contributed by atoms with Crippen LogP contribution in [-0.4, -0.2) is 53.6 Å². The molecule has 7 nitrogen and oxygen atoms in total. The smallest absolute Gasteiger partial charge is 0.416 e. The van der Waals surface area contributed by atoms with E-state index in [1.54, 1.807) is 35.7 Å². The first-order chi connectivity index (χ1) is 17.3. The Labute approximate surface area is 206 Å². The summed E-state index contributed by atoms with van der Waals surface area (Å²) < 4.78 is 53.0. The van der Waals surface area contributed by atoms with Crippen molar-refractivity contribution in [2.75, 3.05) is 38.8 Å². The number of anilines is 1. The molecule has 2 aromatic heterocycles. The van der Waals surface area contributed by atoms with Crippen LogP contribution in [0.1, 0.15) is 18.2 Å². The number of alkyl halides is 3. The third-order valence-electron chi connectivity index (χ3n) is 5.78. The van der Waals surface area contributed by atoms with E-state index in [9.17, 15) is 18.3 Å². The van der Waals surface area contributed by atoms with Crippen LogP contribution < -0.4 is 9.64 Å². The number of hydrogen-bond acceptors (Lipinski definition) is 6. The van der Waals surface area contributed by atoms with Gasteiger partial charge in [-0.05, 0) is 36.8 Å². The minimum Gasteiger partial charge on any atom is -0.497 e. The van der Waals surface area contributed by atoms with Gasteiger partial charge in [-0.2, -0.15) is 18.3 Å². The molecule has 10 heteroatoms. The van der Waals surface area contributed by atoms with Gasteiger partial charge in [-0.1, -0.05) is 24.3 Å². The van der Waals surface area contributed by atoms with Crippen LogP contribution in [0.25, 0.3) is 28.0 Å². The van der Waals surface area contributed by atoms with Crippen molar-refractivity contribution >= 4 is 11.5 Å². The highest BCUT2D eigenvalue weighted by molar-refractivity contribution is 5.83. The number of rotatable bonds is 9. The van der Waals surface area contributed by atoms with Crippen molar-refractivity contribution < 1.29 is 27.8 Å². The van der Waals surface area contributed by atoms with Gasteiger partial charge in [0.25, 0.3) is 0 Å². The number of ether oxygens (including phenoxy) is 2. The van der Waals surface area contributed by atoms with Gasteiger partial charge in [0.15, 0.2) is 5.65 Å². The summed E-state index contributed by atoms with van der Waals surface area (Å²) in [6.07, 6.45) is -4.49. The molecular formula is C26H27F3N4O3. The Bertz CT molecular complexity index is 1340. The Hall–Kier alpha value is -3.63. The standard InChI is InChI=1S/C26H27F3N4O3/c1-4-36-16-21-24(17-8-10-20(35-3)11-9-17)25-30-23(32(2)12-13-34)15-22(33(25)31-21)18-6-5-7-19(14-18)26(27,28)29/h5-11,14-15,34H,4,12-13,16H2,1-3H3. The number of aliphatic hydroxyl groups is 1. The number of aliphatic hydroxyl groups excluding tert-OH is 1. The summed E-state index contributed by atoms with van der Waals surface area (Å²) in [7, 11) is 3.34. The molecule has 0 bridgehead atoms. The van der Waals surface area contributed by atoms with Gasteiger partial charge >= 0.3 is 6.18 Å². The molecule has 2 heterocycles. The molecule has 0 aliphatic heterocycles. The Morgan fingerprint density at radius 3 is 2.44 bits per heavy atom. The van der Waals surface area contributed by atoms with Crippen molar-refractivity contribution in [3.63, 3.8) is 0 Å². The van der Waals surface area contributed by atoms with Crippen molar-refractivity contribution in [2.45, 2.75) is 19.7 Å². The minimum absolute atomic E-state index is 0.109. The van der Waals surface area contributed by atoms with Gasteiger partial charge < -0.3 is 19.5 Å². The molecule has 36 heavy (non-hydrogen) atoms. The van der Waals surface area contributed by atoms with E-state index in [4.69, 9.17) is 19.6 Å². The fraction of sp³-hybridized carbons (Fsp3) is 0.308. The lowest BCUT2D eigenvalue weighted by atomic mass is 10.0. The number of methoxy groups -OCH3 is 1. The van der Waals surface area contributed by atoms with Crippen molar-refractivity contribution in [3.05, 3.63) is 65.9 Å². The van der Waals surface area contributed by atoms with Gasteiger partial charge in [-0.25, -0.2) is 9.50 Å². The lowest BCUT2D eigenvalue weighted by Gasteiger charge is -2.19. The summed E-state index contributed by atoms with van der Waals surface area (Å²) in [6.45, 7) is 2.72. The summed E-state index contributed by atoms with van der Waals surface area (Å²) in [6, 6.07) is 14.2. The topological polar surface area (TPSA) is 72.1 Å². The van der Waals surface area contributed by atoms with E-state index in [1.807, 2.05) is 31.2 Å². The van der Waals surface area contributed by atoms with Crippen molar-refractivity contribution in [3.8, 4) is 28.1 Å². The normalized spacial score (nSPS) is 11.8. The van der Waals surface area contributed by atoms with Gasteiger partial charge in [-0.15, -0.1) is 0 Å². The zero-order chi connectivity index (χ0) is 25.9. The van der Waals surface area contributed by atoms with E-state index < -0.39 is 11.7 Å². The third kappa shape index (κ3) is 5.14. The molecule has 2 aromatic carbocycles. The lowest BCUT2D eigenvalue weighted by Crippen LogP contribution is -2.22. The maximum Gasteiger partial charge on any atom is 0.416 e. The van der Waals surface area contributed by atoms with Gasteiger partial charge in [0.1, 0.15) is 11.6 Å². The quantitative estimate of drug-likeness (QED) is 0.347. The van der Waals surface area contributed by atoms with Crippen LogP contribution in [0.2, 0.25) is 0 Å². The Kier molecular flexibility index (Phi) is 7.46. The van der Waals surface area contributed by atoms with E-state index >= 15 is 0 Å². The molecule has 0 radical (unpaired) electrons. The predicted molar refractivity (Wildman–Crippen MR) is 131 cm³/mol. The van der Waals surface area contributed by atoms with Gasteiger partial charge in [0, 0.05) is 31.8 Å². The Morgan fingerprint density at radius 1 is 1.06 bits per heavy atom. The number of benzene rings is 2. The van der Waals surface area contributed by atoms with Crippen molar-refractivity contribution in [1.29, 1.82) is 0 Å². The second-order valence-electron chi connectivity index (χ2n) is 8.15. The molecule has 4 aromatic rings. The molecule has 190 valence electrons. The third-order valence-corrected chi connectivity index (χ3v) is 5.78. The molecule has 0 atom stereocenters. The number of halogens is 3. The van der Waals surface area contributed by atoms with E-state index in [-0.39, 0.29) is 13.2 Å². The Morgan fingerprint density at radius 2 is 1.81 bits per heavy atom. The number of likely N-dealkylation sites (N-methyl/N-ethyl adjacent to an activating group) is 1. The monoisotopic (exact) mass is 500 g/mol. The SMILES string of the molecule is CCOCc1nn2c(-c3cccc(C(F)(F)F)c3)cc(N(C)CCO)nc2c1-c1ccc(OC)cc1. The molecule has 0 saturated heterocycles. The number of hydrogen-bond donors (Lipinski definition) is 1. The molecule has 0 amide bonds. The van der Waals surface area contributed by atoms with E-state index in [2.05, 4.69) is 0 Å². The Balaban J connectivity index is 2.02. The number of aromatic nitrogens is 3. The molecule has 0 saturated carbocycles. The highest BCUT2D eigenvalue weighted by Crippen LogP contribution is 2.36. The zero-order valence-electron chi connectivity index (χ0n) is 20.2. The van der Waals surface area contributed by atoms with E-state index in [0.29, 0.717) is 52.9 Å². The van der Waals surface area contributed by atoms with Crippen LogP contribution in [0.3, 0.4) is 0 Å². The molecule has 1 N–H and O–H groups in total. The summed E-state index contributed by atoms with van der Waals surface area (Å²) in [4.78, 5) is 6.55. The first kappa shape index (κ1) is 25.5. The van der Waals surface area contributed by atoms with Crippen LogP contribution in [0.15, 0.2) is 54.6 Å². The molecule has 0 aliphatic rings. The first-order valence-corrected chi connectivity index (χ1v) is 11.4. The summed E-state index contributed by atoms with van der Waals surface area (Å²) in [5.41, 5.74) is 2.59. The van der Waals surface area contributed by atoms with Crippen molar-refractivity contribution in [2.24, 2.45) is 0 Å². The van der Waals surface area contributed by atoms with Crippen LogP contribution in [0.5, 0.6) is 5.75 Å². The molecule has 0 unspecified atom stereocenters. The highest BCUT2D eigenvalue weighted by Gasteiger charge is 2.31. The predicted octanol–water partition coefficient (Wildman–Crippen LogP) is 5.06. The zero-order valence-corrected chi connectivity index (χ0v) is 20.2. The van der Waals surface area contributed by atoms with E-state index in [1.165, 1.54) is 6.07 Å². The van der Waals surface area contributed by atoms with Crippen LogP contribution in [0.4, 0.5) is 19.0 Å². The maximum absolute atomic E-state index is 13.5. The van der Waals surface area contributed by atoms with Crippen molar-refractivity contribution in [1.82, 2.24) is 14.6 Å². The molecule has 0 aliphatic carbocycles. The van der Waals surface area contributed by atoms with Crippen LogP contribution >= 0.6 is 0 Å². The molecular weight excluding hydrogens is 473 g/mol. The highest BCUT2D eigenvalue weighted by atomic mass is 19.4. The average Bonchev–Trinajstić information content (AvgIpc) is 3.24. The number of nitrogens with zero attached hydrogens (tertiary/aromatic N) is 4. The molecule has 0 spiro atoms. The van der Waals surface area contributed by atoms with Crippen LogP contribution in [0, 0.1) is 0 Å². The largest absolute Gasteiger partial charge is 0.497 e. The van der Waals surface area contributed by atoms with Gasteiger partial charge in [0.05, 0.1) is 42.8 Å². The lowest BCUT2D eigenvalue weighted by molar-refractivity contribution is -0.137. The minimum atomic E-state index is -4.49. The second-order valence-corrected chi connectivity index (χ2v) is 8.15. The number of fused-ring (bicyclic) bond motifs is 1. The average molecular weight is 501 g/mol. The molecule has 0 fully saturated rings. The second kappa shape index (κ2) is 10.5. The molecule has 4 rings (SSSR count). The van der Waals surface area contributed by atoms with Crippen LogP contribution in [-0.2, 0) is 17.5 Å². The van der Waals surface area contributed by atoms with E-state index in [0.717, 1.165) is 17.7 Å². The van der Waals surface area contributed by atoms with Gasteiger partial charge in [-0.3, -0.25) is 0 Å². The summed E-state index contributed by atoms with van der Waals surface area (Å²) >= 11 is 0. The van der Waals surface area contributed by atoms with Gasteiger partial charge in [0.2, 0.25) is 0 Å². The fourth-order valence-corrected chi connectivity index (χ4v) is 3.92. The maximum atomic E-state index is 13.5. The summed E-state index contributed by atoms with van der Waals surface area (Å²) in [5.74, 6) is 1.17.